The number of hydrogen-bond acceptors (Lipinski definition) is 5. The van der Waals surface area contributed by atoms with Crippen LogP contribution in [0.5, 0.6) is 5.75 Å². The minimum Gasteiger partial charge on any atom is -0.496 e. The number of benzene rings is 3. The number of ether oxygens (including phenoxy) is 1. The van der Waals surface area contributed by atoms with Gasteiger partial charge in [0, 0.05) is 52.6 Å². The van der Waals surface area contributed by atoms with Gasteiger partial charge in [0.2, 0.25) is 0 Å². The van der Waals surface area contributed by atoms with Crippen molar-refractivity contribution in [2.45, 2.75) is 0 Å². The Morgan fingerprint density at radius 1 is 0.921 bits per heavy atom. The third-order valence-corrected chi connectivity index (χ3v) is 7.17. The van der Waals surface area contributed by atoms with Gasteiger partial charge in [-0.2, -0.15) is 0 Å². The number of anilines is 2. The van der Waals surface area contributed by atoms with Crippen molar-refractivity contribution in [3.63, 3.8) is 0 Å². The number of carbonyl (C=O) groups is 2. The highest BCUT2D eigenvalue weighted by molar-refractivity contribution is 9.10. The van der Waals surface area contributed by atoms with Crippen molar-refractivity contribution in [3.05, 3.63) is 99.7 Å². The molecule has 1 aliphatic heterocycles. The zero-order valence-electron chi connectivity index (χ0n) is 20.6. The Bertz CT molecular complexity index is 1450. The standard InChI is InChI=1S/C29H25BrClN3O4/c1-37-26-11-6-21(31)18-24(26)29(36)34-16-14-33(15-17-34)23-9-7-22(8-10-23)32-28(35)27-13-12-25(38-27)19-2-4-20(30)5-3-19/h2-13,18H,14-17H2,1H3,(H,32,35). The molecule has 1 aromatic heterocycles. The number of methoxy groups -OCH3 is 1. The average molecular weight is 595 g/mol. The molecule has 0 spiro atoms. The highest BCUT2D eigenvalue weighted by atomic mass is 79.9. The van der Waals surface area contributed by atoms with Crippen molar-refractivity contribution >= 4 is 50.7 Å². The Labute approximate surface area is 234 Å². The molecule has 1 N–H and O–H groups in total. The largest absolute Gasteiger partial charge is 0.496 e. The summed E-state index contributed by atoms with van der Waals surface area (Å²) in [6.45, 7) is 2.52. The first kappa shape index (κ1) is 25.9. The summed E-state index contributed by atoms with van der Waals surface area (Å²) in [6, 6.07) is 23.9. The SMILES string of the molecule is COc1ccc(Cl)cc1C(=O)N1CCN(c2ccc(NC(=O)c3ccc(-c4ccc(Br)cc4)o3)cc2)CC1. The topological polar surface area (TPSA) is 75.0 Å². The van der Waals surface area contributed by atoms with Gasteiger partial charge < -0.3 is 24.3 Å². The van der Waals surface area contributed by atoms with Crippen molar-refractivity contribution in [3.8, 4) is 17.1 Å². The molecular formula is C29H25BrClN3O4. The number of nitrogens with zero attached hydrogens (tertiary/aromatic N) is 2. The molecule has 9 heteroatoms. The molecule has 4 aromatic rings. The summed E-state index contributed by atoms with van der Waals surface area (Å²) in [7, 11) is 1.54. The fourth-order valence-electron chi connectivity index (χ4n) is 4.36. The first-order chi connectivity index (χ1) is 18.4. The third-order valence-electron chi connectivity index (χ3n) is 6.41. The van der Waals surface area contributed by atoms with Gasteiger partial charge >= 0.3 is 0 Å². The number of nitrogens with one attached hydrogen (secondary N) is 1. The molecule has 0 unspecified atom stereocenters. The number of carbonyl (C=O) groups excluding carboxylic acids is 2. The summed E-state index contributed by atoms with van der Waals surface area (Å²) in [6.07, 6.45) is 0. The number of furan rings is 1. The highest BCUT2D eigenvalue weighted by Gasteiger charge is 2.25. The van der Waals surface area contributed by atoms with Crippen LogP contribution in [-0.4, -0.2) is 50.0 Å². The van der Waals surface area contributed by atoms with Gasteiger partial charge in [-0.1, -0.05) is 39.7 Å². The second-order valence-electron chi connectivity index (χ2n) is 8.80. The van der Waals surface area contributed by atoms with E-state index in [1.807, 2.05) is 53.4 Å². The van der Waals surface area contributed by atoms with Gasteiger partial charge in [0.15, 0.2) is 5.76 Å². The lowest BCUT2D eigenvalue weighted by molar-refractivity contribution is 0.0743. The number of hydrogen-bond donors (Lipinski definition) is 1. The Morgan fingerprint density at radius 2 is 1.63 bits per heavy atom. The van der Waals surface area contributed by atoms with E-state index in [4.69, 9.17) is 20.8 Å². The molecule has 3 aromatic carbocycles. The van der Waals surface area contributed by atoms with Crippen LogP contribution in [0.4, 0.5) is 11.4 Å². The molecule has 0 bridgehead atoms. The monoisotopic (exact) mass is 593 g/mol. The Balaban J connectivity index is 1.17. The predicted octanol–water partition coefficient (Wildman–Crippen LogP) is 6.59. The second kappa shape index (κ2) is 11.3. The van der Waals surface area contributed by atoms with E-state index in [0.717, 1.165) is 15.7 Å². The molecule has 0 aliphatic carbocycles. The third kappa shape index (κ3) is 5.71. The smallest absolute Gasteiger partial charge is 0.291 e. The van der Waals surface area contributed by atoms with Crippen LogP contribution in [0.25, 0.3) is 11.3 Å². The van der Waals surface area contributed by atoms with E-state index in [1.54, 1.807) is 37.4 Å². The molecule has 2 amide bonds. The molecule has 5 rings (SSSR count). The van der Waals surface area contributed by atoms with E-state index in [2.05, 4.69) is 26.1 Å². The fourth-order valence-corrected chi connectivity index (χ4v) is 4.80. The maximum absolute atomic E-state index is 13.1. The van der Waals surface area contributed by atoms with E-state index >= 15 is 0 Å². The minimum absolute atomic E-state index is 0.0942. The Hall–Kier alpha value is -3.75. The molecule has 38 heavy (non-hydrogen) atoms. The zero-order valence-corrected chi connectivity index (χ0v) is 23.0. The lowest BCUT2D eigenvalue weighted by Gasteiger charge is -2.36. The molecule has 0 saturated carbocycles. The van der Waals surface area contributed by atoms with Crippen LogP contribution in [0.3, 0.4) is 0 Å². The van der Waals surface area contributed by atoms with Gasteiger partial charge in [-0.25, -0.2) is 0 Å². The van der Waals surface area contributed by atoms with E-state index < -0.39 is 0 Å². The van der Waals surface area contributed by atoms with E-state index in [-0.39, 0.29) is 17.6 Å². The summed E-state index contributed by atoms with van der Waals surface area (Å²) in [5.41, 5.74) is 3.05. The lowest BCUT2D eigenvalue weighted by Crippen LogP contribution is -2.48. The normalized spacial score (nSPS) is 13.3. The lowest BCUT2D eigenvalue weighted by atomic mass is 10.1. The van der Waals surface area contributed by atoms with Crippen LogP contribution in [0.15, 0.2) is 87.8 Å². The Morgan fingerprint density at radius 3 is 2.32 bits per heavy atom. The summed E-state index contributed by atoms with van der Waals surface area (Å²) in [4.78, 5) is 29.8. The molecular weight excluding hydrogens is 570 g/mol. The van der Waals surface area contributed by atoms with Crippen LogP contribution >= 0.6 is 27.5 Å². The van der Waals surface area contributed by atoms with Crippen LogP contribution in [0.2, 0.25) is 5.02 Å². The molecule has 2 heterocycles. The van der Waals surface area contributed by atoms with E-state index in [1.165, 1.54) is 0 Å². The zero-order chi connectivity index (χ0) is 26.6. The molecule has 0 radical (unpaired) electrons. The van der Waals surface area contributed by atoms with Crippen LogP contribution in [-0.2, 0) is 0 Å². The quantitative estimate of drug-likeness (QED) is 0.273. The maximum atomic E-state index is 13.1. The number of rotatable bonds is 6. The van der Waals surface area contributed by atoms with Crippen molar-refractivity contribution in [1.29, 1.82) is 0 Å². The Kier molecular flexibility index (Phi) is 7.72. The molecule has 194 valence electrons. The summed E-state index contributed by atoms with van der Waals surface area (Å²) in [5, 5.41) is 3.38. The molecule has 1 fully saturated rings. The van der Waals surface area contributed by atoms with Gasteiger partial charge in [0.25, 0.3) is 11.8 Å². The fraction of sp³-hybridized carbons (Fsp3) is 0.172. The number of piperazine rings is 1. The van der Waals surface area contributed by atoms with Crippen molar-refractivity contribution in [2.75, 3.05) is 43.5 Å². The van der Waals surface area contributed by atoms with Crippen molar-refractivity contribution in [2.24, 2.45) is 0 Å². The second-order valence-corrected chi connectivity index (χ2v) is 10.1. The summed E-state index contributed by atoms with van der Waals surface area (Å²) >= 11 is 9.52. The molecule has 1 saturated heterocycles. The van der Waals surface area contributed by atoms with Gasteiger partial charge in [0.1, 0.15) is 11.5 Å². The van der Waals surface area contributed by atoms with Crippen molar-refractivity contribution < 1.29 is 18.7 Å². The maximum Gasteiger partial charge on any atom is 0.291 e. The van der Waals surface area contributed by atoms with Gasteiger partial charge in [-0.3, -0.25) is 9.59 Å². The average Bonchev–Trinajstić information content (AvgIpc) is 3.44. The molecule has 1 aliphatic rings. The summed E-state index contributed by atoms with van der Waals surface area (Å²) in [5.74, 6) is 0.972. The number of halogens is 2. The van der Waals surface area contributed by atoms with Gasteiger partial charge in [-0.05, 0) is 66.7 Å². The van der Waals surface area contributed by atoms with Crippen LogP contribution in [0, 0.1) is 0 Å². The van der Waals surface area contributed by atoms with Gasteiger partial charge in [-0.15, -0.1) is 0 Å². The van der Waals surface area contributed by atoms with Crippen LogP contribution in [0.1, 0.15) is 20.9 Å². The summed E-state index contributed by atoms with van der Waals surface area (Å²) < 4.78 is 12.1. The first-order valence-corrected chi connectivity index (χ1v) is 13.2. The molecule has 7 nitrogen and oxygen atoms in total. The molecule has 0 atom stereocenters. The van der Waals surface area contributed by atoms with Gasteiger partial charge in [0.05, 0.1) is 12.7 Å². The van der Waals surface area contributed by atoms with Crippen LogP contribution < -0.4 is 15.0 Å². The predicted molar refractivity (Wildman–Crippen MR) is 152 cm³/mol. The highest BCUT2D eigenvalue weighted by Crippen LogP contribution is 2.27. The number of amides is 2. The van der Waals surface area contributed by atoms with E-state index in [9.17, 15) is 9.59 Å². The minimum atomic E-state index is -0.315. The van der Waals surface area contributed by atoms with Crippen molar-refractivity contribution in [1.82, 2.24) is 4.90 Å². The first-order valence-electron chi connectivity index (χ1n) is 12.1. The van der Waals surface area contributed by atoms with E-state index in [0.29, 0.717) is 54.0 Å².